The molecule has 0 aliphatic heterocycles. The van der Waals surface area contributed by atoms with Crippen molar-refractivity contribution in [2.45, 2.75) is 71.3 Å². The fraction of sp³-hybridized carbons (Fsp3) is 0.419. The van der Waals surface area contributed by atoms with Crippen molar-refractivity contribution >= 4 is 49.8 Å². The molecule has 3 aromatic carbocycles. The molecule has 1 unspecified atom stereocenters. The van der Waals surface area contributed by atoms with Gasteiger partial charge in [-0.15, -0.1) is 0 Å². The lowest BCUT2D eigenvalue weighted by atomic mass is 9.70. The number of hydrogen-bond donors (Lipinski definition) is 2. The maximum Gasteiger partial charge on any atom is 0.323 e. The van der Waals surface area contributed by atoms with E-state index in [0.29, 0.717) is 22.5 Å². The summed E-state index contributed by atoms with van der Waals surface area (Å²) >= 11 is 0. The average Bonchev–Trinajstić information content (AvgIpc) is 3.19. The molecule has 2 aliphatic carbocycles. The van der Waals surface area contributed by atoms with E-state index in [4.69, 9.17) is 0 Å². The Bertz CT molecular complexity index is 2110. The Kier molecular flexibility index (Phi) is 13.0. The Morgan fingerprint density at radius 3 is 2.22 bits per heavy atom. The van der Waals surface area contributed by atoms with Gasteiger partial charge in [-0.1, -0.05) is 99.3 Å². The standard InChI is InChI=1S/C43H51N5O6S/c1-3-7-30-12-16-32(17-13-30)33-20-22-34(23-21-33)37-24-45-43(46-25-37)36-18-14-31(15-19-36)27-47(29-42(51)52)41(50)26-44-40(49)28-48(55(2,53)54)39-11-6-9-35-8-4-5-10-38(35)39/h4-6,8-11,14-15,18-19,22,24-25,30,32-33H,3,7,12-13,16-17,20-21,23,26-29H2,1-2H3,(H,44,49)(H,51,52). The molecule has 0 radical (unpaired) electrons. The molecule has 1 aromatic heterocycles. The van der Waals surface area contributed by atoms with Crippen LogP contribution in [0.4, 0.5) is 5.69 Å². The maximum atomic E-state index is 13.2. The van der Waals surface area contributed by atoms with E-state index in [0.717, 1.165) is 62.6 Å². The van der Waals surface area contributed by atoms with Gasteiger partial charge in [-0.05, 0) is 72.4 Å². The number of hydrogen-bond acceptors (Lipinski definition) is 7. The van der Waals surface area contributed by atoms with Crippen molar-refractivity contribution in [1.29, 1.82) is 0 Å². The van der Waals surface area contributed by atoms with E-state index in [-0.39, 0.29) is 6.54 Å². The summed E-state index contributed by atoms with van der Waals surface area (Å²) in [6, 6.07) is 19.7. The Morgan fingerprint density at radius 1 is 0.855 bits per heavy atom. The molecule has 1 saturated carbocycles. The Morgan fingerprint density at radius 2 is 1.56 bits per heavy atom. The Balaban J connectivity index is 1.03. The van der Waals surface area contributed by atoms with E-state index in [9.17, 15) is 27.9 Å². The zero-order chi connectivity index (χ0) is 39.0. The summed E-state index contributed by atoms with van der Waals surface area (Å²) in [7, 11) is -3.87. The van der Waals surface area contributed by atoms with Crippen LogP contribution in [0.3, 0.4) is 0 Å². The minimum atomic E-state index is -3.87. The van der Waals surface area contributed by atoms with Gasteiger partial charge in [-0.25, -0.2) is 18.4 Å². The number of carboxylic acid groups (broad SMARTS) is 1. The van der Waals surface area contributed by atoms with Crippen molar-refractivity contribution in [2.75, 3.05) is 30.2 Å². The minimum absolute atomic E-state index is 0.0120. The molecule has 1 heterocycles. The first-order chi connectivity index (χ1) is 26.5. The highest BCUT2D eigenvalue weighted by Gasteiger charge is 2.29. The molecule has 1 atom stereocenters. The van der Waals surface area contributed by atoms with E-state index in [1.54, 1.807) is 36.4 Å². The van der Waals surface area contributed by atoms with Gasteiger partial charge in [0.1, 0.15) is 13.1 Å². The lowest BCUT2D eigenvalue weighted by molar-refractivity contribution is -0.144. The third kappa shape index (κ3) is 10.4. The van der Waals surface area contributed by atoms with Crippen LogP contribution in [-0.4, -0.2) is 72.1 Å². The summed E-state index contributed by atoms with van der Waals surface area (Å²) in [5.74, 6) is 0.601. The first-order valence-electron chi connectivity index (χ1n) is 19.3. The number of carboxylic acids is 1. The predicted molar refractivity (Wildman–Crippen MR) is 215 cm³/mol. The van der Waals surface area contributed by atoms with Crippen LogP contribution in [0.15, 0.2) is 85.2 Å². The van der Waals surface area contributed by atoms with Gasteiger partial charge in [-0.2, -0.15) is 0 Å². The minimum Gasteiger partial charge on any atom is -0.480 e. The summed E-state index contributed by atoms with van der Waals surface area (Å²) in [5.41, 5.74) is 4.18. The van der Waals surface area contributed by atoms with Gasteiger partial charge >= 0.3 is 5.97 Å². The number of allylic oxidation sites excluding steroid dienone is 2. The Hall–Kier alpha value is -5.10. The first-order valence-corrected chi connectivity index (χ1v) is 21.2. The second kappa shape index (κ2) is 18.0. The van der Waals surface area contributed by atoms with Crippen LogP contribution in [0, 0.1) is 17.8 Å². The highest BCUT2D eigenvalue weighted by Crippen LogP contribution is 2.42. The third-order valence-electron chi connectivity index (χ3n) is 11.2. The molecule has 0 bridgehead atoms. The van der Waals surface area contributed by atoms with E-state index in [1.807, 2.05) is 42.7 Å². The lowest BCUT2D eigenvalue weighted by Gasteiger charge is -2.35. The molecule has 2 amide bonds. The number of amides is 2. The van der Waals surface area contributed by atoms with Crippen molar-refractivity contribution in [3.05, 3.63) is 96.3 Å². The smallest absolute Gasteiger partial charge is 0.323 e. The van der Waals surface area contributed by atoms with Gasteiger partial charge in [0.15, 0.2) is 5.82 Å². The van der Waals surface area contributed by atoms with Gasteiger partial charge in [0.25, 0.3) is 0 Å². The van der Waals surface area contributed by atoms with Gasteiger partial charge < -0.3 is 15.3 Å². The summed E-state index contributed by atoms with van der Waals surface area (Å²) in [5, 5.41) is 13.5. The van der Waals surface area contributed by atoms with Gasteiger partial charge in [0.2, 0.25) is 21.8 Å². The highest BCUT2D eigenvalue weighted by molar-refractivity contribution is 7.92. The van der Waals surface area contributed by atoms with Crippen LogP contribution >= 0.6 is 0 Å². The number of nitrogens with zero attached hydrogens (tertiary/aromatic N) is 4. The molecule has 0 spiro atoms. The van der Waals surface area contributed by atoms with E-state index in [2.05, 4.69) is 28.3 Å². The van der Waals surface area contributed by atoms with Gasteiger partial charge in [-0.3, -0.25) is 18.7 Å². The summed E-state index contributed by atoms with van der Waals surface area (Å²) in [4.78, 5) is 48.3. The number of carbonyl (C=O) groups excluding carboxylic acids is 2. The van der Waals surface area contributed by atoms with Crippen LogP contribution in [0.5, 0.6) is 0 Å². The maximum absolute atomic E-state index is 13.2. The summed E-state index contributed by atoms with van der Waals surface area (Å²) in [6.07, 6.45) is 18.8. The molecular weight excluding hydrogens is 715 g/mol. The number of anilines is 1. The second-order valence-corrected chi connectivity index (χ2v) is 16.9. The number of fused-ring (bicyclic) bond motifs is 1. The molecule has 55 heavy (non-hydrogen) atoms. The Labute approximate surface area is 323 Å². The molecular formula is C43H51N5O6S. The molecule has 4 aromatic rings. The van der Waals surface area contributed by atoms with Crippen LogP contribution in [0.2, 0.25) is 0 Å². The van der Waals surface area contributed by atoms with E-state index in [1.165, 1.54) is 50.5 Å². The SMILES string of the molecule is CCCC1CCC(C2CC=C(c3cnc(-c4ccc(CN(CC(=O)O)C(=O)CNC(=O)CN(c5cccc6ccccc56)S(C)(=O)=O)cc4)nc3)CC2)CC1. The third-order valence-corrected chi connectivity index (χ3v) is 12.3. The topological polar surface area (TPSA) is 150 Å². The van der Waals surface area contributed by atoms with Gasteiger partial charge in [0.05, 0.1) is 18.5 Å². The first kappa shape index (κ1) is 39.6. The molecule has 290 valence electrons. The number of aliphatic carboxylic acids is 1. The normalized spacial score (nSPS) is 18.7. The number of sulfonamides is 1. The average molecular weight is 766 g/mol. The van der Waals surface area contributed by atoms with Crippen molar-refractivity contribution in [3.8, 4) is 11.4 Å². The van der Waals surface area contributed by atoms with Crippen molar-refractivity contribution in [3.63, 3.8) is 0 Å². The molecule has 11 nitrogen and oxygen atoms in total. The largest absolute Gasteiger partial charge is 0.480 e. The van der Waals surface area contributed by atoms with Gasteiger partial charge in [0, 0.05) is 35.5 Å². The van der Waals surface area contributed by atoms with Crippen molar-refractivity contribution in [1.82, 2.24) is 20.2 Å². The second-order valence-electron chi connectivity index (χ2n) is 15.0. The number of rotatable bonds is 15. The van der Waals surface area contributed by atoms with Crippen LogP contribution < -0.4 is 9.62 Å². The highest BCUT2D eigenvalue weighted by atomic mass is 32.2. The van der Waals surface area contributed by atoms with Crippen LogP contribution in [-0.2, 0) is 31.0 Å². The zero-order valence-electron chi connectivity index (χ0n) is 31.7. The molecule has 2 aliphatic rings. The van der Waals surface area contributed by atoms with Crippen molar-refractivity contribution in [2.24, 2.45) is 17.8 Å². The van der Waals surface area contributed by atoms with E-state index >= 15 is 0 Å². The number of aromatic nitrogens is 2. The molecule has 2 N–H and O–H groups in total. The molecule has 12 heteroatoms. The summed E-state index contributed by atoms with van der Waals surface area (Å²) in [6.45, 7) is 0.642. The quantitative estimate of drug-likeness (QED) is 0.130. The lowest BCUT2D eigenvalue weighted by Crippen LogP contribution is -2.45. The van der Waals surface area contributed by atoms with E-state index < -0.39 is 47.4 Å². The number of nitrogens with one attached hydrogen (secondary N) is 1. The zero-order valence-corrected chi connectivity index (χ0v) is 32.5. The van der Waals surface area contributed by atoms with Crippen LogP contribution in [0.25, 0.3) is 27.7 Å². The number of carbonyl (C=O) groups is 3. The molecule has 6 rings (SSSR count). The van der Waals surface area contributed by atoms with Crippen LogP contribution in [0.1, 0.15) is 75.8 Å². The monoisotopic (exact) mass is 765 g/mol. The number of benzene rings is 3. The fourth-order valence-corrected chi connectivity index (χ4v) is 9.07. The predicted octanol–water partition coefficient (Wildman–Crippen LogP) is 7.08. The fourth-order valence-electron chi connectivity index (χ4n) is 8.20. The molecule has 0 saturated heterocycles. The van der Waals surface area contributed by atoms with Crippen molar-refractivity contribution < 1.29 is 27.9 Å². The summed E-state index contributed by atoms with van der Waals surface area (Å²) < 4.78 is 26.5. The molecule has 1 fully saturated rings.